The van der Waals surface area contributed by atoms with Gasteiger partial charge in [0.2, 0.25) is 0 Å². The van der Waals surface area contributed by atoms with Crippen molar-refractivity contribution >= 4 is 40.0 Å². The highest BCUT2D eigenvalue weighted by atomic mass is 35.5. The molecule has 0 bridgehead atoms. The molecule has 0 atom stereocenters. The molecule has 0 unspecified atom stereocenters. The lowest BCUT2D eigenvalue weighted by atomic mass is 10.3. The van der Waals surface area contributed by atoms with Crippen molar-refractivity contribution in [2.45, 2.75) is 9.92 Å². The van der Waals surface area contributed by atoms with Gasteiger partial charge in [-0.25, -0.2) is 0 Å². The lowest BCUT2D eigenvalue weighted by molar-refractivity contribution is 1.23. The van der Waals surface area contributed by atoms with Gasteiger partial charge >= 0.3 is 0 Å². The van der Waals surface area contributed by atoms with Crippen LogP contribution < -0.4 is 5.73 Å². The number of hydrogen-bond acceptors (Lipinski definition) is 2. The van der Waals surface area contributed by atoms with Gasteiger partial charge in [0.05, 0.1) is 5.03 Å². The Balaban J connectivity index is 1.98. The minimum absolute atomic E-state index is 0.697. The number of nitrogen functional groups attached to an aromatic ring is 1. The standard InChI is InChI=1S/C14H11ClN2S/c15-10-5-6-11(16)13(8-10)18-14-7-9-3-1-2-4-12(9)17-14/h1-8,17H,16H2. The summed E-state index contributed by atoms with van der Waals surface area (Å²) in [6.07, 6.45) is 0. The van der Waals surface area contributed by atoms with Gasteiger partial charge in [-0.2, -0.15) is 0 Å². The molecule has 0 radical (unpaired) electrons. The lowest BCUT2D eigenvalue weighted by Crippen LogP contribution is -1.87. The van der Waals surface area contributed by atoms with Crippen LogP contribution >= 0.6 is 23.4 Å². The lowest BCUT2D eigenvalue weighted by Gasteiger charge is -2.03. The topological polar surface area (TPSA) is 41.8 Å². The van der Waals surface area contributed by atoms with Crippen LogP contribution in [0.5, 0.6) is 0 Å². The maximum atomic E-state index is 5.98. The molecule has 3 aromatic rings. The Morgan fingerprint density at radius 2 is 1.89 bits per heavy atom. The number of hydrogen-bond donors (Lipinski definition) is 2. The molecule has 2 nitrogen and oxygen atoms in total. The van der Waals surface area contributed by atoms with Gasteiger partial charge in [0, 0.05) is 26.5 Å². The van der Waals surface area contributed by atoms with Gasteiger partial charge in [-0.15, -0.1) is 0 Å². The summed E-state index contributed by atoms with van der Waals surface area (Å²) < 4.78 is 0. The molecule has 0 amide bonds. The summed E-state index contributed by atoms with van der Waals surface area (Å²) in [5.74, 6) is 0. The summed E-state index contributed by atoms with van der Waals surface area (Å²) in [6, 6.07) is 15.8. The number of H-pyrrole nitrogens is 1. The summed E-state index contributed by atoms with van der Waals surface area (Å²) in [6.45, 7) is 0. The quantitative estimate of drug-likeness (QED) is 0.673. The molecule has 0 aliphatic carbocycles. The molecule has 3 rings (SSSR count). The van der Waals surface area contributed by atoms with Crippen molar-refractivity contribution in [2.75, 3.05) is 5.73 Å². The van der Waals surface area contributed by atoms with E-state index in [1.807, 2.05) is 24.3 Å². The van der Waals surface area contributed by atoms with Crippen LogP contribution in [-0.2, 0) is 0 Å². The van der Waals surface area contributed by atoms with Gasteiger partial charge in [0.25, 0.3) is 0 Å². The fourth-order valence-corrected chi connectivity index (χ4v) is 3.01. The number of fused-ring (bicyclic) bond motifs is 1. The first-order valence-corrected chi connectivity index (χ1v) is 6.72. The van der Waals surface area contributed by atoms with Crippen LogP contribution in [0.1, 0.15) is 0 Å². The van der Waals surface area contributed by atoms with E-state index in [2.05, 4.69) is 23.2 Å². The van der Waals surface area contributed by atoms with Crippen LogP contribution in [0.15, 0.2) is 58.5 Å². The second-order valence-corrected chi connectivity index (χ2v) is 5.53. The third-order valence-electron chi connectivity index (χ3n) is 2.70. The zero-order valence-corrected chi connectivity index (χ0v) is 11.1. The first kappa shape index (κ1) is 11.5. The van der Waals surface area contributed by atoms with Crippen LogP contribution in [-0.4, -0.2) is 4.98 Å². The molecule has 2 aromatic carbocycles. The summed E-state index contributed by atoms with van der Waals surface area (Å²) in [5.41, 5.74) is 7.80. The maximum absolute atomic E-state index is 5.98. The number of anilines is 1. The SMILES string of the molecule is Nc1ccc(Cl)cc1Sc1cc2ccccc2[nH]1. The number of aromatic nitrogens is 1. The van der Waals surface area contributed by atoms with Crippen LogP contribution in [0.2, 0.25) is 5.02 Å². The molecule has 90 valence electrons. The van der Waals surface area contributed by atoms with Crippen LogP contribution in [0, 0.1) is 0 Å². The molecule has 0 spiro atoms. The maximum Gasteiger partial charge on any atom is 0.0781 e. The van der Waals surface area contributed by atoms with E-state index in [1.165, 1.54) is 5.39 Å². The molecule has 0 saturated heterocycles. The largest absolute Gasteiger partial charge is 0.398 e. The van der Waals surface area contributed by atoms with Crippen molar-refractivity contribution in [3.63, 3.8) is 0 Å². The minimum atomic E-state index is 0.697. The molecule has 1 heterocycles. The van der Waals surface area contributed by atoms with Gasteiger partial charge in [-0.05, 0) is 30.3 Å². The van der Waals surface area contributed by atoms with E-state index in [0.717, 1.165) is 21.1 Å². The Kier molecular flexibility index (Phi) is 2.94. The Morgan fingerprint density at radius 1 is 1.06 bits per heavy atom. The number of halogens is 1. The smallest absolute Gasteiger partial charge is 0.0781 e. The minimum Gasteiger partial charge on any atom is -0.398 e. The van der Waals surface area contributed by atoms with E-state index in [9.17, 15) is 0 Å². The van der Waals surface area contributed by atoms with Crippen LogP contribution in [0.4, 0.5) is 5.69 Å². The van der Waals surface area contributed by atoms with Crippen molar-refractivity contribution in [3.05, 3.63) is 53.6 Å². The van der Waals surface area contributed by atoms with Gasteiger partial charge in [-0.3, -0.25) is 0 Å². The van der Waals surface area contributed by atoms with Crippen molar-refractivity contribution in [2.24, 2.45) is 0 Å². The first-order chi connectivity index (χ1) is 8.72. The Morgan fingerprint density at radius 3 is 2.72 bits per heavy atom. The molecule has 4 heteroatoms. The fourth-order valence-electron chi connectivity index (χ4n) is 1.82. The Hall–Kier alpha value is -1.58. The molecule has 1 aromatic heterocycles. The molecule has 0 saturated carbocycles. The van der Waals surface area contributed by atoms with E-state index in [1.54, 1.807) is 17.8 Å². The monoisotopic (exact) mass is 274 g/mol. The Bertz CT molecular complexity index is 673. The average Bonchev–Trinajstić information content (AvgIpc) is 2.76. The van der Waals surface area contributed by atoms with E-state index in [-0.39, 0.29) is 0 Å². The number of aromatic amines is 1. The summed E-state index contributed by atoms with van der Waals surface area (Å²) in [4.78, 5) is 4.32. The number of nitrogens with two attached hydrogens (primary N) is 1. The molecular weight excluding hydrogens is 264 g/mol. The van der Waals surface area contributed by atoms with Gasteiger partial charge in [-0.1, -0.05) is 41.6 Å². The number of benzene rings is 2. The number of nitrogens with one attached hydrogen (secondary N) is 1. The molecule has 18 heavy (non-hydrogen) atoms. The summed E-state index contributed by atoms with van der Waals surface area (Å²) in [7, 11) is 0. The zero-order valence-electron chi connectivity index (χ0n) is 9.48. The molecular formula is C14H11ClN2S. The highest BCUT2D eigenvalue weighted by Gasteiger charge is 2.05. The zero-order chi connectivity index (χ0) is 12.5. The number of para-hydroxylation sites is 1. The van der Waals surface area contributed by atoms with Crippen LogP contribution in [0.3, 0.4) is 0 Å². The Labute approximate surface area is 114 Å². The van der Waals surface area contributed by atoms with Crippen molar-refractivity contribution in [3.8, 4) is 0 Å². The highest BCUT2D eigenvalue weighted by Crippen LogP contribution is 2.34. The normalized spacial score (nSPS) is 10.9. The predicted octanol–water partition coefficient (Wildman–Crippen LogP) is 4.55. The first-order valence-electron chi connectivity index (χ1n) is 5.53. The second kappa shape index (κ2) is 4.59. The summed E-state index contributed by atoms with van der Waals surface area (Å²) >= 11 is 7.57. The average molecular weight is 275 g/mol. The predicted molar refractivity (Wildman–Crippen MR) is 78.3 cm³/mol. The fraction of sp³-hybridized carbons (Fsp3) is 0. The van der Waals surface area contributed by atoms with Gasteiger partial charge < -0.3 is 10.7 Å². The molecule has 0 aliphatic rings. The van der Waals surface area contributed by atoms with E-state index < -0.39 is 0 Å². The van der Waals surface area contributed by atoms with Crippen molar-refractivity contribution in [1.82, 2.24) is 4.98 Å². The second-order valence-electron chi connectivity index (χ2n) is 4.01. The molecule has 3 N–H and O–H groups in total. The van der Waals surface area contributed by atoms with Gasteiger partial charge in [0.1, 0.15) is 0 Å². The van der Waals surface area contributed by atoms with Crippen LogP contribution in [0.25, 0.3) is 10.9 Å². The molecule has 0 aliphatic heterocycles. The van der Waals surface area contributed by atoms with Gasteiger partial charge in [0.15, 0.2) is 0 Å². The third kappa shape index (κ3) is 2.19. The highest BCUT2D eigenvalue weighted by molar-refractivity contribution is 7.99. The van der Waals surface area contributed by atoms with E-state index >= 15 is 0 Å². The third-order valence-corrected chi connectivity index (χ3v) is 3.95. The van der Waals surface area contributed by atoms with Crippen molar-refractivity contribution in [1.29, 1.82) is 0 Å². The molecule has 0 fully saturated rings. The summed E-state index contributed by atoms with van der Waals surface area (Å²) in [5, 5.41) is 2.95. The van der Waals surface area contributed by atoms with E-state index in [4.69, 9.17) is 17.3 Å². The van der Waals surface area contributed by atoms with E-state index in [0.29, 0.717) is 5.02 Å². The van der Waals surface area contributed by atoms with Crippen molar-refractivity contribution < 1.29 is 0 Å². The number of rotatable bonds is 2.